The fraction of sp³-hybridized carbons (Fsp3) is 0.278. The molecule has 4 N–H and O–H groups in total. The van der Waals surface area contributed by atoms with E-state index in [0.717, 1.165) is 40.7 Å². The lowest BCUT2D eigenvalue weighted by molar-refractivity contribution is -0.385. The minimum absolute atomic E-state index is 0.0113. The van der Waals surface area contributed by atoms with Gasteiger partial charge in [-0.25, -0.2) is 0 Å². The molecule has 0 saturated carbocycles. The Hall–Kier alpha value is -5.58. The Bertz CT molecular complexity index is 1550. The van der Waals surface area contributed by atoms with E-state index in [1.165, 1.54) is 18.2 Å². The number of phenols is 2. The summed E-state index contributed by atoms with van der Waals surface area (Å²) in [6.07, 6.45) is 0.938. The van der Waals surface area contributed by atoms with Gasteiger partial charge in [-0.3, -0.25) is 30.0 Å². The summed E-state index contributed by atoms with van der Waals surface area (Å²) in [5.41, 5.74) is 10.2. The molecule has 0 unspecified atom stereocenters. The number of para-hydroxylation sites is 2. The second-order valence-electron chi connectivity index (χ2n) is 8.30. The summed E-state index contributed by atoms with van der Waals surface area (Å²) in [5.74, 6) is -0.243. The van der Waals surface area contributed by atoms with Crippen molar-refractivity contribution < 1.29 is 24.9 Å². The number of aromatic hydroxyl groups is 2. The van der Waals surface area contributed by atoms with Gasteiger partial charge in [0.1, 0.15) is 11.5 Å². The molecule has 11 heteroatoms. The van der Waals surface area contributed by atoms with Crippen molar-refractivity contribution in [2.45, 2.75) is 68.7 Å². The molecule has 0 atom stereocenters. The zero-order valence-electron chi connectivity index (χ0n) is 28.7. The molecular formula is C36H48N4O7. The van der Waals surface area contributed by atoms with Crippen LogP contribution in [0.3, 0.4) is 0 Å². The summed E-state index contributed by atoms with van der Waals surface area (Å²) in [4.78, 5) is 34.5. The van der Waals surface area contributed by atoms with E-state index in [2.05, 4.69) is 4.99 Å². The third kappa shape index (κ3) is 14.4. The number of fused-ring (bicyclic) bond motifs is 1. The van der Waals surface area contributed by atoms with Crippen LogP contribution in [0.5, 0.6) is 11.5 Å². The number of aliphatic imine (C=N–C) groups is 1. The number of nitro benzene ring substituents is 2. The normalized spacial score (nSPS) is 9.68. The SMILES string of the molecule is CC.CC.CC.CC.Cc1ccccc1N.O=Cc1cc([N+](=O)[O-])ccc1O.O=[N+]([O-])c1ccc(O)c(C2=Nc3ccccc3C2)c1. The number of hydrogen-bond donors (Lipinski definition) is 3. The predicted octanol–water partition coefficient (Wildman–Crippen LogP) is 9.77. The van der Waals surface area contributed by atoms with Gasteiger partial charge in [0.15, 0.2) is 6.29 Å². The Morgan fingerprint density at radius 3 is 1.68 bits per heavy atom. The van der Waals surface area contributed by atoms with Crippen molar-refractivity contribution in [1.29, 1.82) is 0 Å². The van der Waals surface area contributed by atoms with Crippen molar-refractivity contribution in [3.05, 3.63) is 127 Å². The van der Waals surface area contributed by atoms with E-state index < -0.39 is 9.85 Å². The molecule has 0 aromatic heterocycles. The number of nitrogens with two attached hydrogens (primary N) is 1. The Kier molecular flexibility index (Phi) is 22.9. The molecule has 0 saturated heterocycles. The number of benzene rings is 4. The summed E-state index contributed by atoms with van der Waals surface area (Å²) in [6.45, 7) is 18.0. The molecule has 0 fully saturated rings. The van der Waals surface area contributed by atoms with Gasteiger partial charge < -0.3 is 15.9 Å². The highest BCUT2D eigenvalue weighted by Gasteiger charge is 2.20. The van der Waals surface area contributed by atoms with Gasteiger partial charge >= 0.3 is 0 Å². The topological polar surface area (TPSA) is 182 Å². The number of nitrogen functional groups attached to an aromatic ring is 1. The lowest BCUT2D eigenvalue weighted by atomic mass is 10.0. The fourth-order valence-corrected chi connectivity index (χ4v) is 3.50. The van der Waals surface area contributed by atoms with E-state index in [9.17, 15) is 30.1 Å². The number of non-ortho nitro benzene ring substituents is 2. The number of hydrogen-bond acceptors (Lipinski definition) is 9. The van der Waals surface area contributed by atoms with Gasteiger partial charge in [-0.05, 0) is 42.3 Å². The first-order chi connectivity index (χ1) is 22.6. The second kappa shape index (κ2) is 24.7. The number of aldehydes is 1. The highest BCUT2D eigenvalue weighted by Crippen LogP contribution is 2.32. The van der Waals surface area contributed by atoms with E-state index in [0.29, 0.717) is 24.0 Å². The molecule has 47 heavy (non-hydrogen) atoms. The van der Waals surface area contributed by atoms with Crippen LogP contribution in [0.1, 0.15) is 82.4 Å². The number of carbonyl (C=O) groups is 1. The molecule has 0 bridgehead atoms. The third-order valence-corrected chi connectivity index (χ3v) is 5.64. The number of rotatable bonds is 4. The van der Waals surface area contributed by atoms with Crippen LogP contribution in [0.4, 0.5) is 22.7 Å². The maximum absolute atomic E-state index is 10.8. The number of carbonyl (C=O) groups excluding carboxylic acids is 1. The Morgan fingerprint density at radius 2 is 1.21 bits per heavy atom. The molecular weight excluding hydrogens is 600 g/mol. The number of anilines is 1. The smallest absolute Gasteiger partial charge is 0.270 e. The third-order valence-electron chi connectivity index (χ3n) is 5.64. The minimum atomic E-state index is -0.633. The Morgan fingerprint density at radius 1 is 0.723 bits per heavy atom. The van der Waals surface area contributed by atoms with Crippen LogP contribution in [0.25, 0.3) is 0 Å². The van der Waals surface area contributed by atoms with Crippen LogP contribution in [0, 0.1) is 27.2 Å². The minimum Gasteiger partial charge on any atom is -0.507 e. The Labute approximate surface area is 277 Å². The molecule has 5 rings (SSSR count). The molecule has 0 spiro atoms. The standard InChI is InChI=1S/C14H10N2O3.C7H5NO4.C7H9N.4C2H6/c17-14-6-5-10(16(18)19)8-11(14)13-7-9-3-1-2-4-12(9)15-13;9-4-5-3-6(8(11)12)1-2-7(5)10;1-6-4-2-3-5-7(6)8;4*1-2/h1-6,8,17H,7H2;1-4,10H;2-5H,8H2,1H3;4*1-2H3. The van der Waals surface area contributed by atoms with Crippen LogP contribution >= 0.6 is 0 Å². The van der Waals surface area contributed by atoms with E-state index >= 15 is 0 Å². The molecule has 0 radical (unpaired) electrons. The first-order valence-electron chi connectivity index (χ1n) is 15.5. The van der Waals surface area contributed by atoms with E-state index in [4.69, 9.17) is 10.8 Å². The molecule has 1 aliphatic heterocycles. The number of phenolic OH excluding ortho intramolecular Hbond substituents is 2. The highest BCUT2D eigenvalue weighted by atomic mass is 16.6. The average molecular weight is 649 g/mol. The summed E-state index contributed by atoms with van der Waals surface area (Å²) >= 11 is 0. The maximum atomic E-state index is 10.8. The van der Waals surface area contributed by atoms with E-state index in [-0.39, 0.29) is 28.4 Å². The zero-order chi connectivity index (χ0) is 36.5. The fourth-order valence-electron chi connectivity index (χ4n) is 3.50. The monoisotopic (exact) mass is 648 g/mol. The van der Waals surface area contributed by atoms with Crippen LogP contribution in [0.2, 0.25) is 0 Å². The molecule has 254 valence electrons. The summed E-state index contributed by atoms with van der Waals surface area (Å²) in [5, 5.41) is 39.8. The van der Waals surface area contributed by atoms with Gasteiger partial charge in [-0.1, -0.05) is 91.8 Å². The number of nitrogens with zero attached hydrogens (tertiary/aromatic N) is 3. The summed E-state index contributed by atoms with van der Waals surface area (Å²) in [6, 6.07) is 22.7. The van der Waals surface area contributed by atoms with Crippen molar-refractivity contribution in [1.82, 2.24) is 0 Å². The van der Waals surface area contributed by atoms with Crippen molar-refractivity contribution in [2.24, 2.45) is 4.99 Å². The lowest BCUT2D eigenvalue weighted by Gasteiger charge is -2.03. The molecule has 0 amide bonds. The first kappa shape index (κ1) is 43.5. The number of nitro groups is 2. The molecule has 11 nitrogen and oxygen atoms in total. The molecule has 4 aromatic carbocycles. The first-order valence-corrected chi connectivity index (χ1v) is 15.5. The van der Waals surface area contributed by atoms with Gasteiger partial charge in [0.2, 0.25) is 0 Å². The van der Waals surface area contributed by atoms with E-state index in [1.807, 2.05) is 111 Å². The van der Waals surface area contributed by atoms with E-state index in [1.54, 1.807) is 0 Å². The lowest BCUT2D eigenvalue weighted by Crippen LogP contribution is -2.02. The van der Waals surface area contributed by atoms with Gasteiger partial charge in [-0.2, -0.15) is 0 Å². The predicted molar refractivity (Wildman–Crippen MR) is 192 cm³/mol. The van der Waals surface area contributed by atoms with Gasteiger partial charge in [0, 0.05) is 41.9 Å². The summed E-state index contributed by atoms with van der Waals surface area (Å²) in [7, 11) is 0. The molecule has 1 heterocycles. The molecule has 0 aliphatic carbocycles. The van der Waals surface area contributed by atoms with Crippen LogP contribution in [0.15, 0.2) is 89.9 Å². The molecule has 1 aliphatic rings. The second-order valence-corrected chi connectivity index (χ2v) is 8.30. The van der Waals surface area contributed by atoms with Gasteiger partial charge in [0.25, 0.3) is 11.4 Å². The van der Waals surface area contributed by atoms with Gasteiger partial charge in [0.05, 0.1) is 26.8 Å². The van der Waals surface area contributed by atoms with Crippen molar-refractivity contribution >= 4 is 34.7 Å². The van der Waals surface area contributed by atoms with Crippen molar-refractivity contribution in [3.63, 3.8) is 0 Å². The Balaban J connectivity index is 0. The average Bonchev–Trinajstić information content (AvgIpc) is 3.55. The van der Waals surface area contributed by atoms with Crippen LogP contribution < -0.4 is 5.73 Å². The van der Waals surface area contributed by atoms with Crippen LogP contribution in [-0.4, -0.2) is 32.1 Å². The zero-order valence-corrected chi connectivity index (χ0v) is 28.7. The maximum Gasteiger partial charge on any atom is 0.270 e. The number of aryl methyl sites for hydroxylation is 1. The highest BCUT2D eigenvalue weighted by molar-refractivity contribution is 6.08. The quantitative estimate of drug-likeness (QED) is 0.0845. The summed E-state index contributed by atoms with van der Waals surface area (Å²) < 4.78 is 0. The van der Waals surface area contributed by atoms with Crippen molar-refractivity contribution in [2.75, 3.05) is 5.73 Å². The van der Waals surface area contributed by atoms with Crippen molar-refractivity contribution in [3.8, 4) is 11.5 Å². The largest absolute Gasteiger partial charge is 0.507 e. The molecule has 4 aromatic rings. The van der Waals surface area contributed by atoms with Gasteiger partial charge in [-0.15, -0.1) is 0 Å². The van der Waals surface area contributed by atoms with Crippen LogP contribution in [-0.2, 0) is 6.42 Å².